The van der Waals surface area contributed by atoms with E-state index < -0.39 is 0 Å². The lowest BCUT2D eigenvalue weighted by atomic mass is 10.2. The zero-order valence-corrected chi connectivity index (χ0v) is 18.4. The van der Waals surface area contributed by atoms with Gasteiger partial charge in [-0.1, -0.05) is 48.5 Å². The van der Waals surface area contributed by atoms with Crippen LogP contribution in [0.15, 0.2) is 67.0 Å². The first-order valence-electron chi connectivity index (χ1n) is 11.3. The summed E-state index contributed by atoms with van der Waals surface area (Å²) in [6, 6.07) is 19.6. The molecule has 1 aliphatic heterocycles. The van der Waals surface area contributed by atoms with Crippen LogP contribution in [-0.2, 0) is 11.3 Å². The smallest absolute Gasteiger partial charge is 0.222 e. The second-order valence-corrected chi connectivity index (χ2v) is 7.94. The van der Waals surface area contributed by atoms with Crippen molar-refractivity contribution >= 4 is 22.9 Å². The number of anilines is 1. The highest BCUT2D eigenvalue weighted by atomic mass is 16.5. The molecule has 0 unspecified atom stereocenters. The molecule has 0 radical (unpaired) electrons. The van der Waals surface area contributed by atoms with Crippen molar-refractivity contribution in [3.05, 3.63) is 67.0 Å². The Labute approximate surface area is 192 Å². The summed E-state index contributed by atoms with van der Waals surface area (Å²) in [5.41, 5.74) is 2.40. The first-order valence-corrected chi connectivity index (χ1v) is 11.3. The first kappa shape index (κ1) is 20.9. The lowest BCUT2D eigenvalue weighted by Crippen LogP contribution is -2.28. The predicted molar refractivity (Wildman–Crippen MR) is 127 cm³/mol. The van der Waals surface area contributed by atoms with E-state index in [1.54, 1.807) is 6.33 Å². The number of hydrogen-bond donors (Lipinski definition) is 1. The van der Waals surface area contributed by atoms with Gasteiger partial charge in [0.2, 0.25) is 5.91 Å². The number of fused-ring (bicyclic) bond motifs is 1. The molecule has 2 aromatic carbocycles. The second kappa shape index (κ2) is 9.68. The molecule has 3 heterocycles. The van der Waals surface area contributed by atoms with E-state index in [9.17, 15) is 4.79 Å². The molecule has 1 N–H and O–H groups in total. The van der Waals surface area contributed by atoms with Gasteiger partial charge in [-0.3, -0.25) is 4.79 Å². The number of nitrogens with one attached hydrogen (secondary N) is 1. The lowest BCUT2D eigenvalue weighted by molar-refractivity contribution is -0.127. The Morgan fingerprint density at radius 3 is 2.52 bits per heavy atom. The van der Waals surface area contributed by atoms with Gasteiger partial charge >= 0.3 is 0 Å². The summed E-state index contributed by atoms with van der Waals surface area (Å²) >= 11 is 0. The number of carbonyl (C=O) groups excluding carboxylic acids is 1. The highest BCUT2D eigenvalue weighted by Gasteiger charge is 2.20. The average Bonchev–Trinajstić information content (AvgIpc) is 3.47. The summed E-state index contributed by atoms with van der Waals surface area (Å²) < 4.78 is 7.80. The van der Waals surface area contributed by atoms with Gasteiger partial charge in [-0.05, 0) is 18.6 Å². The molecule has 0 bridgehead atoms. The number of aromatic nitrogens is 4. The third kappa shape index (κ3) is 4.79. The van der Waals surface area contributed by atoms with Crippen LogP contribution in [0.25, 0.3) is 22.6 Å². The molecular weight excluding hydrogens is 416 g/mol. The Balaban J connectivity index is 1.37. The number of likely N-dealkylation sites (tertiary alicyclic amines) is 1. The van der Waals surface area contributed by atoms with Crippen LogP contribution in [0.4, 0.5) is 5.82 Å². The summed E-state index contributed by atoms with van der Waals surface area (Å²) in [6.45, 7) is 3.19. The maximum atomic E-state index is 12.0. The fourth-order valence-electron chi connectivity index (χ4n) is 3.97. The van der Waals surface area contributed by atoms with Gasteiger partial charge in [0.15, 0.2) is 17.3 Å². The highest BCUT2D eigenvalue weighted by Crippen LogP contribution is 2.24. The molecule has 1 fully saturated rings. The maximum Gasteiger partial charge on any atom is 0.222 e. The Kier molecular flexibility index (Phi) is 6.14. The summed E-state index contributed by atoms with van der Waals surface area (Å²) in [5.74, 6) is 2.36. The van der Waals surface area contributed by atoms with Gasteiger partial charge in [0.1, 0.15) is 17.9 Å². The normalized spacial score (nSPS) is 13.6. The molecule has 168 valence electrons. The van der Waals surface area contributed by atoms with E-state index in [1.807, 2.05) is 70.1 Å². The molecule has 0 spiro atoms. The number of rotatable bonds is 9. The molecule has 2 aromatic heterocycles. The largest absolute Gasteiger partial charge is 0.492 e. The van der Waals surface area contributed by atoms with Crippen molar-refractivity contribution in [2.45, 2.75) is 19.4 Å². The van der Waals surface area contributed by atoms with Crippen molar-refractivity contribution in [1.29, 1.82) is 0 Å². The molecule has 8 heteroatoms. The van der Waals surface area contributed by atoms with E-state index in [4.69, 9.17) is 14.7 Å². The standard InChI is InChI=1S/C25H26N6O2/c32-21-12-7-14-30(21)15-16-31-18-27-22-24(26-13-17-33-20-10-5-2-6-11-20)28-23(29-25(22)31)19-8-3-1-4-9-19/h1-6,8-11,18H,7,12-17H2,(H,26,28,29). The molecule has 1 saturated heterocycles. The van der Waals surface area contributed by atoms with E-state index in [2.05, 4.69) is 10.3 Å². The number of amides is 1. The average molecular weight is 443 g/mol. The SMILES string of the molecule is O=C1CCCN1CCn1cnc2c(NCCOc3ccccc3)nc(-c3ccccc3)nc21. The van der Waals surface area contributed by atoms with Crippen LogP contribution >= 0.6 is 0 Å². The number of ether oxygens (including phenoxy) is 1. The van der Waals surface area contributed by atoms with Gasteiger partial charge in [0.05, 0.1) is 12.9 Å². The van der Waals surface area contributed by atoms with Crippen LogP contribution in [-0.4, -0.2) is 56.6 Å². The molecule has 0 aliphatic carbocycles. The Hall–Kier alpha value is -3.94. The van der Waals surface area contributed by atoms with Crippen molar-refractivity contribution < 1.29 is 9.53 Å². The highest BCUT2D eigenvalue weighted by molar-refractivity contribution is 5.85. The number of hydrogen-bond acceptors (Lipinski definition) is 6. The Morgan fingerprint density at radius 1 is 0.970 bits per heavy atom. The van der Waals surface area contributed by atoms with E-state index in [-0.39, 0.29) is 5.91 Å². The van der Waals surface area contributed by atoms with E-state index >= 15 is 0 Å². The minimum atomic E-state index is 0.222. The Bertz CT molecular complexity index is 1230. The van der Waals surface area contributed by atoms with Gasteiger partial charge in [0, 0.05) is 31.6 Å². The number of imidazole rings is 1. The molecule has 33 heavy (non-hydrogen) atoms. The van der Waals surface area contributed by atoms with Crippen LogP contribution < -0.4 is 10.1 Å². The zero-order chi connectivity index (χ0) is 22.5. The summed E-state index contributed by atoms with van der Waals surface area (Å²) in [4.78, 5) is 28.1. The number of benzene rings is 2. The van der Waals surface area contributed by atoms with Gasteiger partial charge < -0.3 is 19.5 Å². The third-order valence-corrected chi connectivity index (χ3v) is 5.68. The Morgan fingerprint density at radius 2 is 1.76 bits per heavy atom. The van der Waals surface area contributed by atoms with Crippen molar-refractivity contribution in [2.24, 2.45) is 0 Å². The van der Waals surface area contributed by atoms with Crippen LogP contribution in [0, 0.1) is 0 Å². The predicted octanol–water partition coefficient (Wildman–Crippen LogP) is 3.61. The molecule has 1 aliphatic rings. The molecule has 0 saturated carbocycles. The topological polar surface area (TPSA) is 85.2 Å². The van der Waals surface area contributed by atoms with Crippen molar-refractivity contribution in [3.63, 3.8) is 0 Å². The van der Waals surface area contributed by atoms with Gasteiger partial charge in [0.25, 0.3) is 0 Å². The van der Waals surface area contributed by atoms with E-state index in [0.29, 0.717) is 49.8 Å². The van der Waals surface area contributed by atoms with E-state index in [1.165, 1.54) is 0 Å². The number of nitrogens with zero attached hydrogens (tertiary/aromatic N) is 5. The number of carbonyl (C=O) groups is 1. The summed E-state index contributed by atoms with van der Waals surface area (Å²) in [6.07, 6.45) is 3.35. The molecular formula is C25H26N6O2. The fraction of sp³-hybridized carbons (Fsp3) is 0.280. The van der Waals surface area contributed by atoms with Crippen LogP contribution in [0.2, 0.25) is 0 Å². The molecule has 4 aromatic rings. The van der Waals surface area contributed by atoms with Gasteiger partial charge in [-0.25, -0.2) is 15.0 Å². The van der Waals surface area contributed by atoms with Crippen molar-refractivity contribution in [2.75, 3.05) is 31.6 Å². The van der Waals surface area contributed by atoms with Crippen molar-refractivity contribution in [3.8, 4) is 17.1 Å². The summed E-state index contributed by atoms with van der Waals surface area (Å²) in [7, 11) is 0. The molecule has 1 amide bonds. The van der Waals surface area contributed by atoms with Crippen LogP contribution in [0.1, 0.15) is 12.8 Å². The van der Waals surface area contributed by atoms with Crippen molar-refractivity contribution in [1.82, 2.24) is 24.4 Å². The zero-order valence-electron chi connectivity index (χ0n) is 18.4. The third-order valence-electron chi connectivity index (χ3n) is 5.68. The van der Waals surface area contributed by atoms with Crippen LogP contribution in [0.3, 0.4) is 0 Å². The van der Waals surface area contributed by atoms with Crippen LogP contribution in [0.5, 0.6) is 5.75 Å². The molecule has 0 atom stereocenters. The minimum absolute atomic E-state index is 0.222. The first-order chi connectivity index (χ1) is 16.3. The summed E-state index contributed by atoms with van der Waals surface area (Å²) in [5, 5.41) is 3.37. The second-order valence-electron chi connectivity index (χ2n) is 7.94. The molecule has 8 nitrogen and oxygen atoms in total. The monoisotopic (exact) mass is 442 g/mol. The van der Waals surface area contributed by atoms with Gasteiger partial charge in [-0.15, -0.1) is 0 Å². The maximum absolute atomic E-state index is 12.0. The lowest BCUT2D eigenvalue weighted by Gasteiger charge is -2.16. The fourth-order valence-corrected chi connectivity index (χ4v) is 3.97. The van der Waals surface area contributed by atoms with Gasteiger partial charge in [-0.2, -0.15) is 0 Å². The minimum Gasteiger partial charge on any atom is -0.492 e. The van der Waals surface area contributed by atoms with E-state index in [0.717, 1.165) is 29.9 Å². The number of para-hydroxylation sites is 1. The molecule has 5 rings (SSSR count). The quantitative estimate of drug-likeness (QED) is 0.399.